The molecule has 2 aromatic carbocycles. The summed E-state index contributed by atoms with van der Waals surface area (Å²) in [5.41, 5.74) is 1.95. The lowest BCUT2D eigenvalue weighted by Gasteiger charge is -2.36. The minimum Gasteiger partial charge on any atom is -0.497 e. The molecule has 4 nitrogen and oxygen atoms in total. The van der Waals surface area contributed by atoms with E-state index in [1.165, 1.54) is 0 Å². The number of anilines is 1. The molecule has 24 heavy (non-hydrogen) atoms. The Morgan fingerprint density at radius 2 is 1.79 bits per heavy atom. The van der Waals surface area contributed by atoms with Gasteiger partial charge < -0.3 is 14.5 Å². The van der Waals surface area contributed by atoms with Gasteiger partial charge in [0.2, 0.25) is 0 Å². The van der Waals surface area contributed by atoms with Crippen LogP contribution < -0.4 is 9.64 Å². The van der Waals surface area contributed by atoms with Crippen LogP contribution in [-0.4, -0.2) is 50.4 Å². The van der Waals surface area contributed by atoms with E-state index in [0.29, 0.717) is 0 Å². The van der Waals surface area contributed by atoms with Crippen molar-refractivity contribution in [2.75, 3.05) is 44.4 Å². The molecule has 126 valence electrons. The highest BCUT2D eigenvalue weighted by atomic mass is 32.2. The fourth-order valence-corrected chi connectivity index (χ4v) is 3.56. The average Bonchev–Trinajstić information content (AvgIpc) is 2.67. The molecule has 0 atom stereocenters. The molecule has 0 saturated carbocycles. The van der Waals surface area contributed by atoms with Crippen molar-refractivity contribution in [3.63, 3.8) is 0 Å². The minimum absolute atomic E-state index is 0.130. The number of thioether (sulfide) groups is 1. The summed E-state index contributed by atoms with van der Waals surface area (Å²) in [5, 5.41) is 0. The molecule has 1 amide bonds. The highest BCUT2D eigenvalue weighted by Crippen LogP contribution is 2.24. The summed E-state index contributed by atoms with van der Waals surface area (Å²) in [5.74, 6) is 0.991. The standard InChI is InChI=1S/C19H22N2O2S/c1-23-16-7-5-6-15(14-16)20-10-12-21(13-11-20)19(22)17-8-3-4-9-18(17)24-2/h3-9,14H,10-13H2,1-2H3. The quantitative estimate of drug-likeness (QED) is 0.798. The summed E-state index contributed by atoms with van der Waals surface area (Å²) in [6.07, 6.45) is 2.01. The third kappa shape index (κ3) is 3.51. The van der Waals surface area contributed by atoms with E-state index in [4.69, 9.17) is 4.74 Å². The summed E-state index contributed by atoms with van der Waals surface area (Å²) in [4.78, 5) is 18.1. The van der Waals surface area contributed by atoms with Gasteiger partial charge in [-0.15, -0.1) is 11.8 Å². The Labute approximate surface area is 147 Å². The maximum atomic E-state index is 12.8. The fourth-order valence-electron chi connectivity index (χ4n) is 2.97. The first-order valence-corrected chi connectivity index (χ1v) is 9.26. The van der Waals surface area contributed by atoms with E-state index in [9.17, 15) is 4.79 Å². The van der Waals surface area contributed by atoms with Gasteiger partial charge in [-0.05, 0) is 30.5 Å². The highest BCUT2D eigenvalue weighted by molar-refractivity contribution is 7.98. The zero-order chi connectivity index (χ0) is 16.9. The van der Waals surface area contributed by atoms with Gasteiger partial charge in [0.05, 0.1) is 12.7 Å². The van der Waals surface area contributed by atoms with Crippen molar-refractivity contribution in [2.45, 2.75) is 4.90 Å². The number of benzene rings is 2. The second-order valence-electron chi connectivity index (χ2n) is 5.68. The molecule has 0 bridgehead atoms. The lowest BCUT2D eigenvalue weighted by atomic mass is 10.1. The smallest absolute Gasteiger partial charge is 0.255 e. The SMILES string of the molecule is COc1cccc(N2CCN(C(=O)c3ccccc3SC)CC2)c1. The van der Waals surface area contributed by atoms with Crippen molar-refractivity contribution in [1.82, 2.24) is 4.90 Å². The summed E-state index contributed by atoms with van der Waals surface area (Å²) >= 11 is 1.62. The molecule has 0 unspecified atom stereocenters. The molecule has 1 aliphatic heterocycles. The number of ether oxygens (including phenoxy) is 1. The Hall–Kier alpha value is -2.14. The van der Waals surface area contributed by atoms with E-state index in [1.54, 1.807) is 18.9 Å². The van der Waals surface area contributed by atoms with E-state index >= 15 is 0 Å². The molecule has 0 N–H and O–H groups in total. The number of rotatable bonds is 4. The highest BCUT2D eigenvalue weighted by Gasteiger charge is 2.23. The van der Waals surface area contributed by atoms with Crippen LogP contribution in [0, 0.1) is 0 Å². The van der Waals surface area contributed by atoms with E-state index in [0.717, 1.165) is 48.1 Å². The van der Waals surface area contributed by atoms with Crippen molar-refractivity contribution in [3.05, 3.63) is 54.1 Å². The van der Waals surface area contributed by atoms with Crippen molar-refractivity contribution in [3.8, 4) is 5.75 Å². The maximum Gasteiger partial charge on any atom is 0.255 e. The van der Waals surface area contributed by atoms with E-state index in [1.807, 2.05) is 53.6 Å². The van der Waals surface area contributed by atoms with Gasteiger partial charge in [-0.1, -0.05) is 18.2 Å². The molecule has 0 radical (unpaired) electrons. The normalized spacial score (nSPS) is 14.6. The molecule has 0 spiro atoms. The molecule has 0 aliphatic carbocycles. The number of carbonyl (C=O) groups is 1. The first-order chi connectivity index (χ1) is 11.7. The van der Waals surface area contributed by atoms with Gasteiger partial charge in [0.15, 0.2) is 0 Å². The number of hydrogen-bond acceptors (Lipinski definition) is 4. The number of carbonyl (C=O) groups excluding carboxylic acids is 1. The summed E-state index contributed by atoms with van der Waals surface area (Å²) in [6.45, 7) is 3.14. The molecule has 1 heterocycles. The monoisotopic (exact) mass is 342 g/mol. The second-order valence-corrected chi connectivity index (χ2v) is 6.53. The van der Waals surface area contributed by atoms with Crippen LogP contribution in [0.1, 0.15) is 10.4 Å². The lowest BCUT2D eigenvalue weighted by Crippen LogP contribution is -2.48. The Bertz CT molecular complexity index is 712. The van der Waals surface area contributed by atoms with Crippen molar-refractivity contribution in [2.24, 2.45) is 0 Å². The Balaban J connectivity index is 1.67. The molecular weight excluding hydrogens is 320 g/mol. The van der Waals surface area contributed by atoms with Crippen LogP contribution in [0.25, 0.3) is 0 Å². The van der Waals surface area contributed by atoms with E-state index in [2.05, 4.69) is 11.0 Å². The molecule has 0 aromatic heterocycles. The number of nitrogens with zero attached hydrogens (tertiary/aromatic N) is 2. The molecule has 3 rings (SSSR count). The van der Waals surface area contributed by atoms with Gasteiger partial charge in [0.25, 0.3) is 5.91 Å². The Kier molecular flexibility index (Phi) is 5.30. The third-order valence-electron chi connectivity index (χ3n) is 4.32. The van der Waals surface area contributed by atoms with Crippen LogP contribution in [0.3, 0.4) is 0 Å². The van der Waals surface area contributed by atoms with Gasteiger partial charge in [-0.2, -0.15) is 0 Å². The van der Waals surface area contributed by atoms with Crippen LogP contribution in [-0.2, 0) is 0 Å². The van der Waals surface area contributed by atoms with Gasteiger partial charge in [0, 0.05) is 42.8 Å². The zero-order valence-electron chi connectivity index (χ0n) is 14.1. The second kappa shape index (κ2) is 7.62. The predicted octanol–water partition coefficient (Wildman–Crippen LogP) is 3.38. The van der Waals surface area contributed by atoms with Crippen molar-refractivity contribution >= 4 is 23.4 Å². The van der Waals surface area contributed by atoms with Crippen molar-refractivity contribution < 1.29 is 9.53 Å². The van der Waals surface area contributed by atoms with Crippen LogP contribution in [0.4, 0.5) is 5.69 Å². The predicted molar refractivity (Wildman–Crippen MR) is 99.3 cm³/mol. The molecule has 1 fully saturated rings. The van der Waals surface area contributed by atoms with E-state index in [-0.39, 0.29) is 5.91 Å². The van der Waals surface area contributed by atoms with Gasteiger partial charge in [0.1, 0.15) is 5.75 Å². The minimum atomic E-state index is 0.130. The summed E-state index contributed by atoms with van der Waals surface area (Å²) in [6, 6.07) is 15.9. The van der Waals surface area contributed by atoms with E-state index < -0.39 is 0 Å². The zero-order valence-corrected chi connectivity index (χ0v) is 14.9. The lowest BCUT2D eigenvalue weighted by molar-refractivity contribution is 0.0743. The number of hydrogen-bond donors (Lipinski definition) is 0. The molecule has 5 heteroatoms. The third-order valence-corrected chi connectivity index (χ3v) is 5.12. The Morgan fingerprint density at radius 1 is 1.04 bits per heavy atom. The van der Waals surface area contributed by atoms with Crippen LogP contribution in [0.5, 0.6) is 5.75 Å². The van der Waals surface area contributed by atoms with Crippen LogP contribution >= 0.6 is 11.8 Å². The largest absolute Gasteiger partial charge is 0.497 e. The number of amides is 1. The summed E-state index contributed by atoms with van der Waals surface area (Å²) < 4.78 is 5.29. The first kappa shape index (κ1) is 16.7. The maximum absolute atomic E-state index is 12.8. The van der Waals surface area contributed by atoms with Gasteiger partial charge >= 0.3 is 0 Å². The van der Waals surface area contributed by atoms with Crippen molar-refractivity contribution in [1.29, 1.82) is 0 Å². The Morgan fingerprint density at radius 3 is 2.50 bits per heavy atom. The van der Waals surface area contributed by atoms with Crippen LogP contribution in [0.15, 0.2) is 53.4 Å². The number of methoxy groups -OCH3 is 1. The number of piperazine rings is 1. The first-order valence-electron chi connectivity index (χ1n) is 8.04. The summed E-state index contributed by atoms with van der Waals surface area (Å²) in [7, 11) is 1.68. The molecular formula is C19H22N2O2S. The molecule has 1 aliphatic rings. The van der Waals surface area contributed by atoms with Crippen LogP contribution in [0.2, 0.25) is 0 Å². The van der Waals surface area contributed by atoms with Gasteiger partial charge in [-0.3, -0.25) is 4.79 Å². The fraction of sp³-hybridized carbons (Fsp3) is 0.316. The van der Waals surface area contributed by atoms with Gasteiger partial charge in [-0.25, -0.2) is 0 Å². The topological polar surface area (TPSA) is 32.8 Å². The molecule has 2 aromatic rings. The molecule has 1 saturated heterocycles. The average molecular weight is 342 g/mol.